The van der Waals surface area contributed by atoms with Crippen LogP contribution in [0.1, 0.15) is 30.3 Å². The maximum Gasteiger partial charge on any atom is 0.358 e. The minimum Gasteiger partial charge on any atom is -0.476 e. The lowest BCUT2D eigenvalue weighted by Gasteiger charge is -2.08. The van der Waals surface area contributed by atoms with Gasteiger partial charge in [-0.2, -0.15) is 0 Å². The molecule has 0 atom stereocenters. The summed E-state index contributed by atoms with van der Waals surface area (Å²) in [5, 5.41) is 19.5. The molecule has 116 valence electrons. The van der Waals surface area contributed by atoms with Crippen LogP contribution in [-0.2, 0) is 11.3 Å². The summed E-state index contributed by atoms with van der Waals surface area (Å²) in [5.41, 5.74) is 0.831. The summed E-state index contributed by atoms with van der Waals surface area (Å²) in [6.07, 6.45) is 1.89. The van der Waals surface area contributed by atoms with E-state index in [1.54, 1.807) is 24.3 Å². The highest BCUT2D eigenvalue weighted by Gasteiger charge is 2.21. The minimum atomic E-state index is -1.17. The van der Waals surface area contributed by atoms with Gasteiger partial charge in [0.05, 0.1) is 0 Å². The Kier molecular flexibility index (Phi) is 5.24. The quantitative estimate of drug-likeness (QED) is 0.756. The number of aromatic nitrogens is 3. The van der Waals surface area contributed by atoms with Gasteiger partial charge in [0.2, 0.25) is 5.91 Å². The van der Waals surface area contributed by atoms with E-state index in [1.807, 2.05) is 13.0 Å². The second-order valence-electron chi connectivity index (χ2n) is 4.82. The fourth-order valence-corrected chi connectivity index (χ4v) is 2.05. The number of nitrogens with one attached hydrogen (secondary N) is 1. The maximum atomic E-state index is 11.9. The van der Waals surface area contributed by atoms with Crippen molar-refractivity contribution in [2.75, 3.05) is 6.54 Å². The largest absolute Gasteiger partial charge is 0.476 e. The number of hydrogen-bond acceptors (Lipinski definition) is 4. The molecule has 0 aliphatic rings. The number of carboxylic acid groups (broad SMARTS) is 1. The number of unbranched alkanes of at least 4 members (excludes halogenated alkanes) is 1. The van der Waals surface area contributed by atoms with Crippen LogP contribution in [0.15, 0.2) is 30.3 Å². The van der Waals surface area contributed by atoms with Gasteiger partial charge < -0.3 is 10.4 Å². The highest BCUT2D eigenvalue weighted by atomic mass is 16.4. The van der Waals surface area contributed by atoms with E-state index in [4.69, 9.17) is 0 Å². The molecule has 1 aromatic heterocycles. The number of carboxylic acids is 1. The van der Waals surface area contributed by atoms with Crippen LogP contribution in [0.4, 0.5) is 0 Å². The zero-order valence-electron chi connectivity index (χ0n) is 12.3. The van der Waals surface area contributed by atoms with E-state index in [9.17, 15) is 14.7 Å². The lowest BCUT2D eigenvalue weighted by Crippen LogP contribution is -2.29. The van der Waals surface area contributed by atoms with Crippen molar-refractivity contribution in [3.05, 3.63) is 36.0 Å². The van der Waals surface area contributed by atoms with Crippen LogP contribution in [0.2, 0.25) is 0 Å². The van der Waals surface area contributed by atoms with E-state index in [0.717, 1.165) is 12.8 Å². The fourth-order valence-electron chi connectivity index (χ4n) is 2.05. The van der Waals surface area contributed by atoms with E-state index < -0.39 is 5.97 Å². The average Bonchev–Trinajstić information content (AvgIpc) is 2.92. The summed E-state index contributed by atoms with van der Waals surface area (Å²) in [4.78, 5) is 23.2. The number of amides is 1. The molecule has 0 spiro atoms. The summed E-state index contributed by atoms with van der Waals surface area (Å²) in [6, 6.07) is 8.93. The predicted molar refractivity (Wildman–Crippen MR) is 80.3 cm³/mol. The number of rotatable bonds is 7. The average molecular weight is 302 g/mol. The van der Waals surface area contributed by atoms with Crippen molar-refractivity contribution in [1.29, 1.82) is 0 Å². The first kappa shape index (κ1) is 15.7. The Morgan fingerprint density at radius 2 is 2.00 bits per heavy atom. The molecule has 7 heteroatoms. The van der Waals surface area contributed by atoms with Crippen LogP contribution in [0, 0.1) is 0 Å². The molecule has 22 heavy (non-hydrogen) atoms. The van der Waals surface area contributed by atoms with Crippen LogP contribution in [-0.4, -0.2) is 38.5 Å². The molecule has 1 amide bonds. The van der Waals surface area contributed by atoms with Crippen molar-refractivity contribution in [3.8, 4) is 11.3 Å². The van der Waals surface area contributed by atoms with Crippen LogP contribution < -0.4 is 5.32 Å². The Labute approximate surface area is 128 Å². The molecule has 7 nitrogen and oxygen atoms in total. The number of benzene rings is 1. The molecular formula is C15H18N4O3. The van der Waals surface area contributed by atoms with Crippen LogP contribution in [0.25, 0.3) is 11.3 Å². The Hall–Kier alpha value is -2.70. The van der Waals surface area contributed by atoms with Crippen molar-refractivity contribution < 1.29 is 14.7 Å². The van der Waals surface area contributed by atoms with Crippen LogP contribution >= 0.6 is 0 Å². The van der Waals surface area contributed by atoms with Crippen molar-refractivity contribution in [2.24, 2.45) is 0 Å². The summed E-state index contributed by atoms with van der Waals surface area (Å²) in [5.74, 6) is -1.39. The standard InChI is InChI=1S/C15H18N4O3/c1-2-3-9-16-12(20)10-19-14(11-7-5-4-6-8-11)13(15(21)22)17-18-19/h4-8H,2-3,9-10H2,1H3,(H,16,20)(H,21,22). The molecule has 2 rings (SSSR count). The summed E-state index contributed by atoms with van der Waals surface area (Å²) in [6.45, 7) is 2.57. The fraction of sp³-hybridized carbons (Fsp3) is 0.333. The molecule has 0 aliphatic carbocycles. The molecule has 0 radical (unpaired) electrons. The monoisotopic (exact) mass is 302 g/mol. The van der Waals surface area contributed by atoms with E-state index in [0.29, 0.717) is 17.8 Å². The second-order valence-corrected chi connectivity index (χ2v) is 4.82. The molecule has 2 N–H and O–H groups in total. The van der Waals surface area contributed by atoms with Gasteiger partial charge in [-0.05, 0) is 6.42 Å². The number of hydrogen-bond donors (Lipinski definition) is 2. The Bertz CT molecular complexity index is 652. The Balaban J connectivity index is 2.25. The maximum absolute atomic E-state index is 11.9. The molecule has 0 fully saturated rings. The number of carbonyl (C=O) groups is 2. The van der Waals surface area contributed by atoms with Crippen molar-refractivity contribution in [3.63, 3.8) is 0 Å². The van der Waals surface area contributed by atoms with E-state index in [-0.39, 0.29) is 18.1 Å². The summed E-state index contributed by atoms with van der Waals surface area (Å²) < 4.78 is 1.32. The molecule has 1 aromatic carbocycles. The van der Waals surface area contributed by atoms with Gasteiger partial charge >= 0.3 is 5.97 Å². The Morgan fingerprint density at radius 1 is 1.27 bits per heavy atom. The van der Waals surface area contributed by atoms with E-state index >= 15 is 0 Å². The van der Waals surface area contributed by atoms with Gasteiger partial charge in [0.25, 0.3) is 0 Å². The van der Waals surface area contributed by atoms with Gasteiger partial charge in [-0.1, -0.05) is 48.9 Å². The third-order valence-electron chi connectivity index (χ3n) is 3.13. The van der Waals surface area contributed by atoms with Crippen LogP contribution in [0.5, 0.6) is 0 Å². The first-order valence-electron chi connectivity index (χ1n) is 7.12. The highest BCUT2D eigenvalue weighted by Crippen LogP contribution is 2.21. The van der Waals surface area contributed by atoms with Gasteiger partial charge in [-0.25, -0.2) is 9.48 Å². The van der Waals surface area contributed by atoms with Gasteiger partial charge in [0, 0.05) is 12.1 Å². The Morgan fingerprint density at radius 3 is 2.64 bits per heavy atom. The first-order chi connectivity index (χ1) is 10.6. The van der Waals surface area contributed by atoms with Crippen LogP contribution in [0.3, 0.4) is 0 Å². The van der Waals surface area contributed by atoms with E-state index in [1.165, 1.54) is 4.68 Å². The zero-order valence-corrected chi connectivity index (χ0v) is 12.3. The predicted octanol–water partition coefficient (Wildman–Crippen LogP) is 1.56. The molecule has 2 aromatic rings. The smallest absolute Gasteiger partial charge is 0.358 e. The summed E-state index contributed by atoms with van der Waals surface area (Å²) >= 11 is 0. The van der Waals surface area contributed by atoms with Crippen molar-refractivity contribution >= 4 is 11.9 Å². The lowest BCUT2D eigenvalue weighted by atomic mass is 10.1. The summed E-state index contributed by atoms with van der Waals surface area (Å²) in [7, 11) is 0. The van der Waals surface area contributed by atoms with E-state index in [2.05, 4.69) is 15.6 Å². The van der Waals surface area contributed by atoms with Gasteiger partial charge in [-0.15, -0.1) is 5.10 Å². The van der Waals surface area contributed by atoms with Crippen molar-refractivity contribution in [1.82, 2.24) is 20.3 Å². The third-order valence-corrected chi connectivity index (χ3v) is 3.13. The van der Waals surface area contributed by atoms with Gasteiger partial charge in [0.15, 0.2) is 5.69 Å². The number of nitrogens with zero attached hydrogens (tertiary/aromatic N) is 3. The number of carbonyl (C=O) groups excluding carboxylic acids is 1. The molecular weight excluding hydrogens is 284 g/mol. The van der Waals surface area contributed by atoms with Gasteiger partial charge in [0.1, 0.15) is 12.2 Å². The molecule has 0 unspecified atom stereocenters. The molecule has 1 heterocycles. The molecule has 0 saturated carbocycles. The molecule has 0 bridgehead atoms. The topological polar surface area (TPSA) is 97.1 Å². The lowest BCUT2D eigenvalue weighted by molar-refractivity contribution is -0.121. The first-order valence-corrected chi connectivity index (χ1v) is 7.12. The van der Waals surface area contributed by atoms with Crippen molar-refractivity contribution in [2.45, 2.75) is 26.3 Å². The highest BCUT2D eigenvalue weighted by molar-refractivity contribution is 5.93. The normalized spacial score (nSPS) is 10.4. The minimum absolute atomic E-state index is 0.0613. The molecule has 0 aliphatic heterocycles. The number of aromatic carboxylic acids is 1. The SMILES string of the molecule is CCCCNC(=O)Cn1nnc(C(=O)O)c1-c1ccccc1. The molecule has 0 saturated heterocycles. The van der Waals surface area contributed by atoms with Gasteiger partial charge in [-0.3, -0.25) is 4.79 Å². The second kappa shape index (κ2) is 7.35. The zero-order chi connectivity index (χ0) is 15.9. The third kappa shape index (κ3) is 3.69.